The Morgan fingerprint density at radius 1 is 0.675 bits per heavy atom. The number of hydrogen-bond acceptors (Lipinski definition) is 3. The Hall–Kier alpha value is -4.90. The lowest BCUT2D eigenvalue weighted by Gasteiger charge is -2.17. The van der Waals surface area contributed by atoms with Crippen LogP contribution in [0.15, 0.2) is 126 Å². The van der Waals surface area contributed by atoms with Crippen LogP contribution in [0.3, 0.4) is 0 Å². The molecule has 0 aliphatic carbocycles. The van der Waals surface area contributed by atoms with Gasteiger partial charge in [0.05, 0.1) is 6.04 Å². The van der Waals surface area contributed by atoms with Crippen LogP contribution in [0.2, 0.25) is 0 Å². The number of fused-ring (bicyclic) bond motifs is 7. The highest BCUT2D eigenvalue weighted by atomic mass is 19.1. The van der Waals surface area contributed by atoms with Gasteiger partial charge in [0, 0.05) is 22.8 Å². The van der Waals surface area contributed by atoms with Crippen LogP contribution in [0.4, 0.5) is 4.39 Å². The van der Waals surface area contributed by atoms with Crippen LogP contribution in [-0.2, 0) is 0 Å². The molecule has 1 aliphatic heterocycles. The van der Waals surface area contributed by atoms with Crippen molar-refractivity contribution in [3.05, 3.63) is 138 Å². The van der Waals surface area contributed by atoms with E-state index in [4.69, 9.17) is 14.3 Å². The summed E-state index contributed by atoms with van der Waals surface area (Å²) in [6.45, 7) is 2.04. The Bertz CT molecular complexity index is 1820. The molecule has 0 amide bonds. The summed E-state index contributed by atoms with van der Waals surface area (Å²) >= 11 is 0. The van der Waals surface area contributed by atoms with Gasteiger partial charge >= 0.3 is 7.12 Å². The Kier molecular flexibility index (Phi) is 6.05. The molecule has 0 saturated heterocycles. The normalized spacial score (nSPS) is 13.4. The highest BCUT2D eigenvalue weighted by Gasteiger charge is 2.35. The predicted molar refractivity (Wildman–Crippen MR) is 162 cm³/mol. The standard InChI is InChI=1S/C35H25BFNO2/c1-23(24-9-3-2-4-10-24)38-22-27-15-18-28(37)21-31(27)36-39-32-19-16-25-11-5-7-13-29(25)34(32)35-30-14-8-6-12-26(30)17-20-33(35)40-36/h2-23H,1H3/t23-/m0/s1. The summed E-state index contributed by atoms with van der Waals surface area (Å²) in [5.41, 5.74) is 4.35. The minimum absolute atomic E-state index is 0.0609. The van der Waals surface area contributed by atoms with Crippen molar-refractivity contribution in [1.29, 1.82) is 0 Å². The molecular formula is C35H25BFNO2. The summed E-state index contributed by atoms with van der Waals surface area (Å²) in [5.74, 6) is 1.00. The number of rotatable bonds is 4. The van der Waals surface area contributed by atoms with Crippen molar-refractivity contribution in [1.82, 2.24) is 0 Å². The minimum Gasteiger partial charge on any atom is -0.521 e. The van der Waals surface area contributed by atoms with E-state index in [2.05, 4.69) is 36.4 Å². The zero-order valence-corrected chi connectivity index (χ0v) is 21.9. The molecule has 40 heavy (non-hydrogen) atoms. The SMILES string of the molecule is C[C@H](N=Cc1ccc(F)cc1B1Oc2ccc3ccccc3c2-c2c(ccc3ccccc23)O1)c1ccccc1. The molecule has 7 rings (SSSR count). The van der Waals surface area contributed by atoms with E-state index in [0.29, 0.717) is 17.0 Å². The van der Waals surface area contributed by atoms with Crippen molar-refractivity contribution in [3.63, 3.8) is 0 Å². The maximum atomic E-state index is 14.7. The van der Waals surface area contributed by atoms with Crippen LogP contribution in [0, 0.1) is 5.82 Å². The first-order valence-electron chi connectivity index (χ1n) is 13.4. The molecule has 1 aliphatic rings. The van der Waals surface area contributed by atoms with Gasteiger partial charge in [-0.15, -0.1) is 0 Å². The molecule has 0 aromatic heterocycles. The summed E-state index contributed by atoms with van der Waals surface area (Å²) in [4.78, 5) is 4.79. The minimum atomic E-state index is -0.883. The van der Waals surface area contributed by atoms with Crippen LogP contribution in [-0.4, -0.2) is 13.3 Å². The molecule has 6 aromatic rings. The first-order valence-corrected chi connectivity index (χ1v) is 13.4. The number of aliphatic imine (C=N–C) groups is 1. The summed E-state index contributed by atoms with van der Waals surface area (Å²) in [6, 6.07) is 39.3. The lowest BCUT2D eigenvalue weighted by atomic mass is 9.75. The van der Waals surface area contributed by atoms with Crippen molar-refractivity contribution in [3.8, 4) is 22.6 Å². The van der Waals surface area contributed by atoms with Gasteiger partial charge in [0.1, 0.15) is 17.3 Å². The first-order chi connectivity index (χ1) is 19.7. The van der Waals surface area contributed by atoms with Gasteiger partial charge in [-0.05, 0) is 63.9 Å². The zero-order valence-electron chi connectivity index (χ0n) is 21.9. The third kappa shape index (κ3) is 4.30. The fraction of sp³-hybridized carbons (Fsp3) is 0.0571. The molecule has 0 fully saturated rings. The Balaban J connectivity index is 1.39. The fourth-order valence-corrected chi connectivity index (χ4v) is 5.47. The molecule has 0 radical (unpaired) electrons. The van der Waals surface area contributed by atoms with Gasteiger partial charge in [-0.25, -0.2) is 4.39 Å². The van der Waals surface area contributed by atoms with E-state index >= 15 is 0 Å². The molecular weight excluding hydrogens is 496 g/mol. The predicted octanol–water partition coefficient (Wildman–Crippen LogP) is 8.15. The van der Waals surface area contributed by atoms with Crippen molar-refractivity contribution < 1.29 is 13.7 Å². The third-order valence-electron chi connectivity index (χ3n) is 7.52. The van der Waals surface area contributed by atoms with Gasteiger partial charge < -0.3 is 9.31 Å². The number of benzene rings is 6. The van der Waals surface area contributed by atoms with Gasteiger partial charge in [0.2, 0.25) is 0 Å². The Morgan fingerprint density at radius 2 is 1.25 bits per heavy atom. The van der Waals surface area contributed by atoms with Gasteiger partial charge in [-0.2, -0.15) is 0 Å². The number of nitrogens with zero attached hydrogens (tertiary/aromatic N) is 1. The summed E-state index contributed by atoms with van der Waals surface area (Å²) in [5, 5.41) is 4.35. The highest BCUT2D eigenvalue weighted by molar-refractivity contribution is 6.64. The van der Waals surface area contributed by atoms with Gasteiger partial charge in [0.25, 0.3) is 0 Å². The van der Waals surface area contributed by atoms with E-state index in [9.17, 15) is 4.39 Å². The van der Waals surface area contributed by atoms with Gasteiger partial charge in [-0.3, -0.25) is 4.99 Å². The Morgan fingerprint density at radius 3 is 1.88 bits per heavy atom. The average Bonchev–Trinajstić information content (AvgIpc) is 3.18. The van der Waals surface area contributed by atoms with E-state index < -0.39 is 7.12 Å². The van der Waals surface area contributed by atoms with E-state index in [1.165, 1.54) is 12.1 Å². The van der Waals surface area contributed by atoms with Crippen LogP contribution in [0.25, 0.3) is 32.7 Å². The summed E-state index contributed by atoms with van der Waals surface area (Å²) in [7, 11) is -0.883. The maximum absolute atomic E-state index is 14.7. The quantitative estimate of drug-likeness (QED) is 0.173. The first kappa shape index (κ1) is 24.2. The number of halogens is 1. The molecule has 1 atom stereocenters. The second-order valence-corrected chi connectivity index (χ2v) is 10.0. The smallest absolute Gasteiger partial charge is 0.521 e. The van der Waals surface area contributed by atoms with E-state index in [0.717, 1.165) is 43.8 Å². The molecule has 0 unspecified atom stereocenters. The Labute approximate surface area is 232 Å². The molecule has 1 heterocycles. The molecule has 0 N–H and O–H groups in total. The molecule has 192 valence electrons. The zero-order chi connectivity index (χ0) is 27.1. The van der Waals surface area contributed by atoms with E-state index in [1.54, 1.807) is 12.3 Å². The largest absolute Gasteiger partial charge is 0.633 e. The molecule has 0 bridgehead atoms. The topological polar surface area (TPSA) is 30.8 Å². The van der Waals surface area contributed by atoms with Crippen molar-refractivity contribution >= 4 is 40.3 Å². The van der Waals surface area contributed by atoms with Crippen molar-refractivity contribution in [2.45, 2.75) is 13.0 Å². The summed E-state index contributed by atoms with van der Waals surface area (Å²) < 4.78 is 28.0. The van der Waals surface area contributed by atoms with Crippen LogP contribution in [0.1, 0.15) is 24.1 Å². The van der Waals surface area contributed by atoms with Crippen molar-refractivity contribution in [2.75, 3.05) is 0 Å². The number of hydrogen-bond donors (Lipinski definition) is 0. The fourth-order valence-electron chi connectivity index (χ4n) is 5.47. The monoisotopic (exact) mass is 521 g/mol. The van der Waals surface area contributed by atoms with E-state index in [-0.39, 0.29) is 11.9 Å². The van der Waals surface area contributed by atoms with Crippen LogP contribution >= 0.6 is 0 Å². The molecule has 0 spiro atoms. The summed E-state index contributed by atoms with van der Waals surface area (Å²) in [6.07, 6.45) is 1.78. The molecule has 3 nitrogen and oxygen atoms in total. The van der Waals surface area contributed by atoms with Crippen LogP contribution in [0.5, 0.6) is 11.5 Å². The third-order valence-corrected chi connectivity index (χ3v) is 7.52. The van der Waals surface area contributed by atoms with E-state index in [1.807, 2.05) is 73.7 Å². The van der Waals surface area contributed by atoms with Gasteiger partial charge in [0.15, 0.2) is 0 Å². The lowest BCUT2D eigenvalue weighted by molar-refractivity contribution is 0.448. The van der Waals surface area contributed by atoms with Crippen molar-refractivity contribution in [2.24, 2.45) is 4.99 Å². The maximum Gasteiger partial charge on any atom is 0.633 e. The second kappa shape index (κ2) is 10.0. The lowest BCUT2D eigenvalue weighted by Crippen LogP contribution is -2.44. The van der Waals surface area contributed by atoms with Gasteiger partial charge in [-0.1, -0.05) is 97.1 Å². The molecule has 5 heteroatoms. The molecule has 0 saturated carbocycles. The highest BCUT2D eigenvalue weighted by Crippen LogP contribution is 2.47. The van der Waals surface area contributed by atoms with Crippen LogP contribution < -0.4 is 14.8 Å². The molecule has 6 aromatic carbocycles. The second-order valence-electron chi connectivity index (χ2n) is 10.0. The average molecular weight is 521 g/mol.